The van der Waals surface area contributed by atoms with Crippen molar-refractivity contribution in [3.63, 3.8) is 0 Å². The molecule has 0 spiro atoms. The van der Waals surface area contributed by atoms with Gasteiger partial charge < -0.3 is 15.1 Å². The van der Waals surface area contributed by atoms with E-state index < -0.39 is 0 Å². The van der Waals surface area contributed by atoms with Crippen molar-refractivity contribution < 1.29 is 4.42 Å². The smallest absolute Gasteiger partial charge is 0.315 e. The fourth-order valence-electron chi connectivity index (χ4n) is 1.64. The van der Waals surface area contributed by atoms with Crippen LogP contribution in [0.1, 0.15) is 31.0 Å². The maximum Gasteiger partial charge on any atom is 0.315 e. The highest BCUT2D eigenvalue weighted by Gasteiger charge is 2.05. The second-order valence-electron chi connectivity index (χ2n) is 5.19. The van der Waals surface area contributed by atoms with Crippen LogP contribution in [0.15, 0.2) is 22.7 Å². The van der Waals surface area contributed by atoms with Crippen molar-refractivity contribution in [2.75, 3.05) is 11.9 Å². The lowest BCUT2D eigenvalue weighted by molar-refractivity contribution is 0.458. The Morgan fingerprint density at radius 1 is 1.20 bits per heavy atom. The number of hydrogen-bond donors (Lipinski definition) is 2. The molecule has 2 heterocycles. The molecule has 0 fully saturated rings. The molecule has 2 rings (SSSR count). The molecule has 0 radical (unpaired) electrons. The van der Waals surface area contributed by atoms with Crippen LogP contribution in [0.25, 0.3) is 0 Å². The van der Waals surface area contributed by atoms with Gasteiger partial charge in [0.15, 0.2) is 0 Å². The van der Waals surface area contributed by atoms with Crippen molar-refractivity contribution in [1.82, 2.24) is 20.5 Å². The van der Waals surface area contributed by atoms with E-state index in [4.69, 9.17) is 4.42 Å². The van der Waals surface area contributed by atoms with Crippen LogP contribution in [-0.2, 0) is 13.1 Å². The predicted molar refractivity (Wildman–Crippen MR) is 77.1 cm³/mol. The van der Waals surface area contributed by atoms with E-state index in [1.54, 1.807) is 0 Å². The highest BCUT2D eigenvalue weighted by atomic mass is 16.4. The van der Waals surface area contributed by atoms with E-state index in [2.05, 4.69) is 39.7 Å². The summed E-state index contributed by atoms with van der Waals surface area (Å²) in [4.78, 5) is 4.24. The van der Waals surface area contributed by atoms with Crippen molar-refractivity contribution in [2.45, 2.75) is 33.9 Å². The molecular weight excluding hydrogens is 254 g/mol. The van der Waals surface area contributed by atoms with E-state index in [0.717, 1.165) is 17.8 Å². The Morgan fingerprint density at radius 2 is 2.05 bits per heavy atom. The fraction of sp³-hybridized carbons (Fsp3) is 0.500. The van der Waals surface area contributed by atoms with Gasteiger partial charge in [-0.1, -0.05) is 25.0 Å². The molecule has 108 valence electrons. The van der Waals surface area contributed by atoms with Gasteiger partial charge in [0, 0.05) is 18.4 Å². The summed E-state index contributed by atoms with van der Waals surface area (Å²) in [5.74, 6) is 1.19. The number of aromatic nitrogens is 3. The van der Waals surface area contributed by atoms with Gasteiger partial charge in [-0.05, 0) is 31.0 Å². The minimum absolute atomic E-state index is 0.437. The fourth-order valence-corrected chi connectivity index (χ4v) is 1.64. The monoisotopic (exact) mass is 275 g/mol. The van der Waals surface area contributed by atoms with Crippen LogP contribution in [0.3, 0.4) is 0 Å². The van der Waals surface area contributed by atoms with E-state index in [1.165, 1.54) is 0 Å². The van der Waals surface area contributed by atoms with Gasteiger partial charge in [0.05, 0.1) is 6.54 Å². The third-order valence-corrected chi connectivity index (χ3v) is 2.71. The summed E-state index contributed by atoms with van der Waals surface area (Å²) in [6, 6.07) is 4.44. The van der Waals surface area contributed by atoms with E-state index in [9.17, 15) is 0 Å². The van der Waals surface area contributed by atoms with Gasteiger partial charge in [-0.25, -0.2) is 0 Å². The number of nitrogens with one attached hydrogen (secondary N) is 2. The Kier molecular flexibility index (Phi) is 5.06. The molecular formula is C14H21N5O. The number of pyridine rings is 1. The molecule has 0 saturated heterocycles. The van der Waals surface area contributed by atoms with Gasteiger partial charge in [-0.15, -0.1) is 5.10 Å². The summed E-state index contributed by atoms with van der Waals surface area (Å²) in [5.41, 5.74) is 2.08. The van der Waals surface area contributed by atoms with Crippen LogP contribution in [0.2, 0.25) is 0 Å². The summed E-state index contributed by atoms with van der Waals surface area (Å²) < 4.78 is 5.49. The summed E-state index contributed by atoms with van der Waals surface area (Å²) >= 11 is 0. The van der Waals surface area contributed by atoms with Gasteiger partial charge in [0.2, 0.25) is 5.89 Å². The normalized spacial score (nSPS) is 11.0. The lowest BCUT2D eigenvalue weighted by Gasteiger charge is -2.04. The molecule has 0 unspecified atom stereocenters. The molecule has 0 saturated carbocycles. The van der Waals surface area contributed by atoms with Gasteiger partial charge >= 0.3 is 6.01 Å². The summed E-state index contributed by atoms with van der Waals surface area (Å²) in [6.45, 7) is 8.42. The van der Waals surface area contributed by atoms with Crippen molar-refractivity contribution in [1.29, 1.82) is 0 Å². The minimum atomic E-state index is 0.437. The van der Waals surface area contributed by atoms with Gasteiger partial charge in [0.1, 0.15) is 0 Å². The largest absolute Gasteiger partial charge is 0.407 e. The van der Waals surface area contributed by atoms with Crippen LogP contribution < -0.4 is 10.6 Å². The van der Waals surface area contributed by atoms with Gasteiger partial charge in [-0.2, -0.15) is 0 Å². The van der Waals surface area contributed by atoms with Crippen molar-refractivity contribution >= 4 is 6.01 Å². The van der Waals surface area contributed by atoms with Gasteiger partial charge in [0.25, 0.3) is 0 Å². The second-order valence-corrected chi connectivity index (χ2v) is 5.19. The van der Waals surface area contributed by atoms with E-state index in [-0.39, 0.29) is 0 Å². The van der Waals surface area contributed by atoms with Crippen LogP contribution in [-0.4, -0.2) is 21.7 Å². The Morgan fingerprint density at radius 3 is 2.75 bits per heavy atom. The van der Waals surface area contributed by atoms with Crippen LogP contribution in [0.5, 0.6) is 0 Å². The first-order valence-corrected chi connectivity index (χ1v) is 6.82. The molecule has 20 heavy (non-hydrogen) atoms. The molecule has 0 bridgehead atoms. The minimum Gasteiger partial charge on any atom is -0.407 e. The molecule has 0 atom stereocenters. The standard InChI is InChI=1S/C14H21N5O/c1-10(2)6-15-9-13-18-19-14(20-13)17-8-12-5-4-11(3)16-7-12/h4-5,7,10,15H,6,8-9H2,1-3H3,(H,17,19). The maximum absolute atomic E-state index is 5.49. The van der Waals surface area contributed by atoms with E-state index in [1.807, 2.05) is 25.3 Å². The zero-order chi connectivity index (χ0) is 14.4. The number of anilines is 1. The molecule has 2 aromatic rings. The van der Waals surface area contributed by atoms with Crippen molar-refractivity contribution in [2.24, 2.45) is 5.92 Å². The molecule has 2 N–H and O–H groups in total. The van der Waals surface area contributed by atoms with Crippen molar-refractivity contribution in [3.05, 3.63) is 35.5 Å². The SMILES string of the molecule is Cc1ccc(CNc2nnc(CNCC(C)C)o2)cn1. The average Bonchev–Trinajstić information content (AvgIpc) is 2.86. The third-order valence-electron chi connectivity index (χ3n) is 2.71. The molecule has 6 nitrogen and oxygen atoms in total. The summed E-state index contributed by atoms with van der Waals surface area (Å²) in [6.07, 6.45) is 1.84. The highest BCUT2D eigenvalue weighted by Crippen LogP contribution is 2.08. The third kappa shape index (κ3) is 4.62. The lowest BCUT2D eigenvalue weighted by atomic mass is 10.2. The molecule has 2 aromatic heterocycles. The number of nitrogens with zero attached hydrogens (tertiary/aromatic N) is 3. The molecule has 0 amide bonds. The first kappa shape index (κ1) is 14.5. The van der Waals surface area contributed by atoms with Crippen LogP contribution in [0.4, 0.5) is 6.01 Å². The zero-order valence-corrected chi connectivity index (χ0v) is 12.2. The number of rotatable bonds is 7. The summed E-state index contributed by atoms with van der Waals surface area (Å²) in [5, 5.41) is 14.3. The number of hydrogen-bond acceptors (Lipinski definition) is 6. The Labute approximate surface area is 119 Å². The Balaban J connectivity index is 1.79. The van der Waals surface area contributed by atoms with Crippen LogP contribution >= 0.6 is 0 Å². The first-order valence-electron chi connectivity index (χ1n) is 6.82. The summed E-state index contributed by atoms with van der Waals surface area (Å²) in [7, 11) is 0. The maximum atomic E-state index is 5.49. The van der Waals surface area contributed by atoms with E-state index in [0.29, 0.717) is 30.9 Å². The lowest BCUT2D eigenvalue weighted by Crippen LogP contribution is -2.19. The number of aryl methyl sites for hydroxylation is 1. The van der Waals surface area contributed by atoms with E-state index >= 15 is 0 Å². The molecule has 0 aromatic carbocycles. The molecule has 6 heteroatoms. The second kappa shape index (κ2) is 7.00. The van der Waals surface area contributed by atoms with Crippen molar-refractivity contribution in [3.8, 4) is 0 Å². The van der Waals surface area contributed by atoms with Crippen LogP contribution in [0, 0.1) is 12.8 Å². The first-order chi connectivity index (χ1) is 9.63. The van der Waals surface area contributed by atoms with Gasteiger partial charge in [-0.3, -0.25) is 4.98 Å². The quantitative estimate of drug-likeness (QED) is 0.806. The molecule has 0 aliphatic rings. The average molecular weight is 275 g/mol. The topological polar surface area (TPSA) is 75.9 Å². The Hall–Kier alpha value is -1.95. The molecule has 0 aliphatic heterocycles. The highest BCUT2D eigenvalue weighted by molar-refractivity contribution is 5.22. The predicted octanol–water partition coefficient (Wildman–Crippen LogP) is 2.13. The zero-order valence-electron chi connectivity index (χ0n) is 12.2. The molecule has 0 aliphatic carbocycles. The Bertz CT molecular complexity index is 521.